The van der Waals surface area contributed by atoms with Gasteiger partial charge in [0, 0.05) is 11.5 Å². The Bertz CT molecular complexity index is 163. The van der Waals surface area contributed by atoms with Gasteiger partial charge in [-0.05, 0) is 0 Å². The van der Waals surface area contributed by atoms with E-state index >= 15 is 0 Å². The van der Waals surface area contributed by atoms with Crippen molar-refractivity contribution in [3.8, 4) is 0 Å². The number of allylic oxidation sites excluding steroid dienone is 1. The monoisotopic (exact) mass is 156 g/mol. The number of quaternary nitrogens is 1. The highest BCUT2D eigenvalue weighted by Crippen LogP contribution is 2.14. The van der Waals surface area contributed by atoms with Gasteiger partial charge in [0.2, 0.25) is 0 Å². The fraction of sp³-hybridized carbons (Fsp3) is 0.667. The van der Waals surface area contributed by atoms with E-state index in [-0.39, 0.29) is 11.2 Å². The number of rotatable bonds is 2. The van der Waals surface area contributed by atoms with Gasteiger partial charge in [0.1, 0.15) is 0 Å². The number of hydrogen-bond acceptors (Lipinski definition) is 1. The smallest absolute Gasteiger partial charge is 0.166 e. The Hall–Kier alpha value is -0.630. The van der Waals surface area contributed by atoms with Crippen molar-refractivity contribution >= 4 is 5.78 Å². The molecule has 64 valence electrons. The number of carbonyl (C=O) groups is 1. The van der Waals surface area contributed by atoms with Crippen molar-refractivity contribution in [2.24, 2.45) is 5.41 Å². The molecule has 0 unspecified atom stereocenters. The molecule has 1 N–H and O–H groups in total. The molecule has 0 radical (unpaired) electrons. The van der Waals surface area contributed by atoms with Crippen molar-refractivity contribution in [3.63, 3.8) is 0 Å². The van der Waals surface area contributed by atoms with Crippen LogP contribution in [0, 0.1) is 5.41 Å². The minimum atomic E-state index is -0.244. The number of hydrogen-bond donors (Lipinski definition) is 1. The summed E-state index contributed by atoms with van der Waals surface area (Å²) in [4.78, 5) is 12.4. The van der Waals surface area contributed by atoms with Crippen LogP contribution in [0.25, 0.3) is 0 Å². The van der Waals surface area contributed by atoms with E-state index in [1.807, 2.05) is 41.1 Å². The molecule has 2 nitrogen and oxygen atoms in total. The van der Waals surface area contributed by atoms with Crippen molar-refractivity contribution < 1.29 is 9.69 Å². The van der Waals surface area contributed by atoms with E-state index in [0.29, 0.717) is 0 Å². The summed E-state index contributed by atoms with van der Waals surface area (Å²) in [6.45, 7) is 5.76. The molecule has 0 atom stereocenters. The largest absolute Gasteiger partial charge is 0.313 e. The van der Waals surface area contributed by atoms with E-state index in [0.717, 1.165) is 4.90 Å². The number of nitrogens with one attached hydrogen (secondary N) is 1. The van der Waals surface area contributed by atoms with Crippen LogP contribution in [0.15, 0.2) is 12.3 Å². The average Bonchev–Trinajstić information content (AvgIpc) is 1.80. The second-order valence-electron chi connectivity index (χ2n) is 4.02. The first-order chi connectivity index (χ1) is 4.84. The van der Waals surface area contributed by atoms with Crippen molar-refractivity contribution in [2.75, 3.05) is 14.1 Å². The molecule has 0 fully saturated rings. The van der Waals surface area contributed by atoms with Crippen molar-refractivity contribution in [1.29, 1.82) is 0 Å². The summed E-state index contributed by atoms with van der Waals surface area (Å²) < 4.78 is 0. The quantitative estimate of drug-likeness (QED) is 0.569. The topological polar surface area (TPSA) is 21.5 Å². The lowest BCUT2D eigenvalue weighted by Crippen LogP contribution is -3.00. The lowest BCUT2D eigenvalue weighted by Gasteiger charge is -2.12. The molecule has 0 aliphatic carbocycles. The normalized spacial score (nSPS) is 12.9. The molecule has 0 saturated heterocycles. The molecule has 0 aromatic carbocycles. The summed E-state index contributed by atoms with van der Waals surface area (Å²) in [6.07, 6.45) is 3.50. The van der Waals surface area contributed by atoms with Crippen LogP contribution in [0.3, 0.4) is 0 Å². The van der Waals surface area contributed by atoms with Gasteiger partial charge in [-0.3, -0.25) is 4.79 Å². The molecule has 0 rings (SSSR count). The van der Waals surface area contributed by atoms with E-state index in [9.17, 15) is 4.79 Å². The Morgan fingerprint density at radius 3 is 2.00 bits per heavy atom. The van der Waals surface area contributed by atoms with Gasteiger partial charge in [-0.15, -0.1) is 0 Å². The number of ketones is 1. The Kier molecular flexibility index (Phi) is 3.46. The molecule has 0 saturated carbocycles. The molecule has 0 aliphatic heterocycles. The molecule has 0 aliphatic rings. The van der Waals surface area contributed by atoms with Gasteiger partial charge in [0.05, 0.1) is 20.3 Å². The van der Waals surface area contributed by atoms with Gasteiger partial charge in [0.15, 0.2) is 5.78 Å². The van der Waals surface area contributed by atoms with Gasteiger partial charge < -0.3 is 4.90 Å². The first-order valence-corrected chi connectivity index (χ1v) is 3.86. The first kappa shape index (κ1) is 10.4. The van der Waals surface area contributed by atoms with E-state index in [1.165, 1.54) is 0 Å². The summed E-state index contributed by atoms with van der Waals surface area (Å²) >= 11 is 0. The second-order valence-corrected chi connectivity index (χ2v) is 4.02. The standard InChI is InChI=1S/C9H17NO/c1-9(2,3)8(11)6-7-10(4)5/h6-7H,1-5H3/p+1/b7-6+. The Balaban J connectivity index is 4.09. The van der Waals surface area contributed by atoms with Gasteiger partial charge in [-0.2, -0.15) is 0 Å². The second kappa shape index (κ2) is 3.67. The maximum atomic E-state index is 11.3. The van der Waals surface area contributed by atoms with Crippen LogP contribution in [0.1, 0.15) is 20.8 Å². The summed E-state index contributed by atoms with van der Waals surface area (Å²) in [7, 11) is 3.96. The van der Waals surface area contributed by atoms with Crippen LogP contribution in [0.2, 0.25) is 0 Å². The Morgan fingerprint density at radius 2 is 1.73 bits per heavy atom. The van der Waals surface area contributed by atoms with Crippen LogP contribution < -0.4 is 4.90 Å². The molecule has 0 aromatic rings. The lowest BCUT2D eigenvalue weighted by molar-refractivity contribution is -0.801. The zero-order valence-corrected chi connectivity index (χ0v) is 8.06. The minimum absolute atomic E-state index is 0.179. The Morgan fingerprint density at radius 1 is 1.27 bits per heavy atom. The molecule has 0 heterocycles. The van der Waals surface area contributed by atoms with Gasteiger partial charge in [0.25, 0.3) is 0 Å². The molecule has 11 heavy (non-hydrogen) atoms. The van der Waals surface area contributed by atoms with Gasteiger partial charge in [-0.25, -0.2) is 0 Å². The highest BCUT2D eigenvalue weighted by molar-refractivity contribution is 5.93. The molecule has 0 bridgehead atoms. The summed E-state index contributed by atoms with van der Waals surface area (Å²) in [5, 5.41) is 0. The fourth-order valence-corrected chi connectivity index (χ4v) is 0.492. The summed E-state index contributed by atoms with van der Waals surface area (Å²) in [6, 6.07) is 0. The zero-order chi connectivity index (χ0) is 9.07. The molecule has 2 heteroatoms. The third-order valence-corrected chi connectivity index (χ3v) is 1.31. The van der Waals surface area contributed by atoms with Gasteiger partial charge >= 0.3 is 0 Å². The SMILES string of the molecule is C[NH+](C)/C=C/C(=O)C(C)(C)C. The van der Waals surface area contributed by atoms with Crippen LogP contribution >= 0.6 is 0 Å². The predicted octanol–water partition coefficient (Wildman–Crippen LogP) is 0.260. The molecular weight excluding hydrogens is 138 g/mol. The van der Waals surface area contributed by atoms with Crippen LogP contribution in [0.5, 0.6) is 0 Å². The van der Waals surface area contributed by atoms with Crippen molar-refractivity contribution in [2.45, 2.75) is 20.8 Å². The van der Waals surface area contributed by atoms with E-state index in [1.54, 1.807) is 6.08 Å². The predicted molar refractivity (Wildman–Crippen MR) is 46.4 cm³/mol. The molecule has 0 aromatic heterocycles. The van der Waals surface area contributed by atoms with Crippen molar-refractivity contribution in [3.05, 3.63) is 12.3 Å². The third kappa shape index (κ3) is 4.73. The average molecular weight is 156 g/mol. The maximum Gasteiger partial charge on any atom is 0.166 e. The minimum Gasteiger partial charge on any atom is -0.313 e. The van der Waals surface area contributed by atoms with Crippen LogP contribution in [-0.4, -0.2) is 19.9 Å². The third-order valence-electron chi connectivity index (χ3n) is 1.31. The highest BCUT2D eigenvalue weighted by atomic mass is 16.1. The zero-order valence-electron chi connectivity index (χ0n) is 8.06. The molecule has 0 amide bonds. The first-order valence-electron chi connectivity index (χ1n) is 3.86. The van der Waals surface area contributed by atoms with E-state index in [2.05, 4.69) is 0 Å². The summed E-state index contributed by atoms with van der Waals surface area (Å²) in [5.74, 6) is 0.179. The lowest BCUT2D eigenvalue weighted by atomic mass is 9.91. The molecular formula is C9H18NO+. The fourth-order valence-electron chi connectivity index (χ4n) is 0.492. The van der Waals surface area contributed by atoms with E-state index in [4.69, 9.17) is 0 Å². The maximum absolute atomic E-state index is 11.3. The van der Waals surface area contributed by atoms with Crippen LogP contribution in [0.4, 0.5) is 0 Å². The van der Waals surface area contributed by atoms with Gasteiger partial charge in [-0.1, -0.05) is 20.8 Å². The molecule has 0 spiro atoms. The Labute approximate surface area is 68.9 Å². The van der Waals surface area contributed by atoms with Crippen LogP contribution in [-0.2, 0) is 4.79 Å². The highest BCUT2D eigenvalue weighted by Gasteiger charge is 2.18. The number of carbonyl (C=O) groups excluding carboxylic acids is 1. The van der Waals surface area contributed by atoms with Crippen molar-refractivity contribution in [1.82, 2.24) is 0 Å². The van der Waals surface area contributed by atoms with E-state index < -0.39 is 0 Å². The summed E-state index contributed by atoms with van der Waals surface area (Å²) in [5.41, 5.74) is -0.244.